The Morgan fingerprint density at radius 3 is 2.36 bits per heavy atom. The molecule has 5 aliphatic rings. The molecule has 0 radical (unpaired) electrons. The van der Waals surface area contributed by atoms with Crippen LogP contribution >= 0.6 is 15.9 Å². The smallest absolute Gasteiger partial charge is 0.331 e. The lowest BCUT2D eigenvalue weighted by Crippen LogP contribution is -2.63. The van der Waals surface area contributed by atoms with Crippen molar-refractivity contribution in [2.45, 2.75) is 58.4 Å². The maximum Gasteiger partial charge on any atom is 0.331 e. The normalized spacial score (nSPS) is 32.9. The summed E-state index contributed by atoms with van der Waals surface area (Å²) >= 11 is 3.29. The van der Waals surface area contributed by atoms with Gasteiger partial charge in [-0.05, 0) is 115 Å². The summed E-state index contributed by atoms with van der Waals surface area (Å²) in [4.78, 5) is 40.3. The van der Waals surface area contributed by atoms with Crippen LogP contribution in [-0.4, -0.2) is 40.5 Å². The number of nitrogens with zero attached hydrogens (tertiary/aromatic N) is 1. The summed E-state index contributed by atoms with van der Waals surface area (Å²) in [5.74, 6) is 0.983. The molecular formula is C25H29BrN2O5. The molecule has 7 nitrogen and oxygen atoms in total. The zero-order valence-corrected chi connectivity index (χ0v) is 20.5. The van der Waals surface area contributed by atoms with Crippen LogP contribution in [0.25, 0.3) is 6.08 Å². The lowest BCUT2D eigenvalue weighted by molar-refractivity contribution is -0.139. The van der Waals surface area contributed by atoms with Crippen LogP contribution in [0.4, 0.5) is 4.79 Å². The van der Waals surface area contributed by atoms with Crippen LogP contribution in [-0.2, 0) is 9.59 Å². The average Bonchev–Trinajstić information content (AvgIpc) is 2.73. The molecule has 0 spiro atoms. The van der Waals surface area contributed by atoms with Crippen LogP contribution in [0, 0.1) is 23.2 Å². The molecule has 6 rings (SSSR count). The van der Waals surface area contributed by atoms with Crippen LogP contribution < -0.4 is 10.1 Å². The predicted molar refractivity (Wildman–Crippen MR) is 125 cm³/mol. The fraction of sp³-hybridized carbons (Fsp3) is 0.560. The number of rotatable bonds is 5. The zero-order valence-electron chi connectivity index (χ0n) is 18.9. The van der Waals surface area contributed by atoms with Gasteiger partial charge in [0.25, 0.3) is 11.8 Å². The highest BCUT2D eigenvalue weighted by Crippen LogP contribution is 2.62. The minimum atomic E-state index is -0.707. The van der Waals surface area contributed by atoms with E-state index in [9.17, 15) is 19.5 Å². The number of hydrogen-bond acceptors (Lipinski definition) is 5. The fourth-order valence-electron chi connectivity index (χ4n) is 7.10. The molecule has 33 heavy (non-hydrogen) atoms. The number of carbonyl (C=O) groups excluding carboxylic acids is 3. The van der Waals surface area contributed by atoms with Gasteiger partial charge in [-0.3, -0.25) is 19.8 Å². The van der Waals surface area contributed by atoms with E-state index in [1.807, 2.05) is 6.92 Å². The second kappa shape index (κ2) is 8.15. The maximum atomic E-state index is 13.5. The average molecular weight is 517 g/mol. The van der Waals surface area contributed by atoms with Crippen molar-refractivity contribution in [2.75, 3.05) is 6.61 Å². The summed E-state index contributed by atoms with van der Waals surface area (Å²) in [7, 11) is 0. The standard InChI is InChI=1S/C25H29BrN2O5/c1-3-33-20-9-14(8-19(26)21(20)29)7-18-22(30)27-24(32)28(23(18)31)13(2)25-10-15-4-16(11-25)6-17(5-15)12-25/h7-9,13,15-17,29H,3-6,10-12H2,1-2H3,(H,27,30,32)/b18-7+/t13-,15?,16?,17?,25?/m0/s1. The van der Waals surface area contributed by atoms with Gasteiger partial charge in [-0.15, -0.1) is 0 Å². The molecule has 4 amide bonds. The van der Waals surface area contributed by atoms with E-state index < -0.39 is 17.8 Å². The highest BCUT2D eigenvalue weighted by molar-refractivity contribution is 9.10. The summed E-state index contributed by atoms with van der Waals surface area (Å²) in [6.07, 6.45) is 8.41. The van der Waals surface area contributed by atoms with E-state index in [-0.39, 0.29) is 28.5 Å². The van der Waals surface area contributed by atoms with Gasteiger partial charge in [0.15, 0.2) is 11.5 Å². The first kappa shape index (κ1) is 22.4. The van der Waals surface area contributed by atoms with Crippen molar-refractivity contribution in [3.05, 3.63) is 27.7 Å². The van der Waals surface area contributed by atoms with Gasteiger partial charge in [-0.1, -0.05) is 0 Å². The molecule has 1 aromatic rings. The van der Waals surface area contributed by atoms with Crippen molar-refractivity contribution in [1.82, 2.24) is 10.2 Å². The summed E-state index contributed by atoms with van der Waals surface area (Å²) in [5.41, 5.74) is 0.362. The maximum absolute atomic E-state index is 13.5. The van der Waals surface area contributed by atoms with E-state index in [0.29, 0.717) is 34.4 Å². The van der Waals surface area contributed by atoms with Crippen LogP contribution in [0.2, 0.25) is 0 Å². The van der Waals surface area contributed by atoms with E-state index in [1.165, 1.54) is 30.2 Å². The van der Waals surface area contributed by atoms with Crippen LogP contribution in [0.5, 0.6) is 11.5 Å². The van der Waals surface area contributed by atoms with Gasteiger partial charge in [-0.2, -0.15) is 0 Å². The number of phenolic OH excluding ortho intramolecular Hbond substituents is 1. The molecule has 176 valence electrons. The third-order valence-corrected chi connectivity index (χ3v) is 8.76. The quantitative estimate of drug-likeness (QED) is 0.439. The van der Waals surface area contributed by atoms with Gasteiger partial charge >= 0.3 is 6.03 Å². The molecule has 1 atom stereocenters. The number of nitrogens with one attached hydrogen (secondary N) is 1. The molecule has 1 aromatic carbocycles. The van der Waals surface area contributed by atoms with Crippen LogP contribution in [0.15, 0.2) is 22.2 Å². The summed E-state index contributed by atoms with van der Waals surface area (Å²) in [5, 5.41) is 12.5. The minimum absolute atomic E-state index is 0.0503. The van der Waals surface area contributed by atoms with Crippen molar-refractivity contribution in [3.8, 4) is 11.5 Å². The highest BCUT2D eigenvalue weighted by atomic mass is 79.9. The molecule has 4 bridgehead atoms. The lowest BCUT2D eigenvalue weighted by Gasteiger charge is -2.60. The molecule has 1 heterocycles. The van der Waals surface area contributed by atoms with Crippen LogP contribution in [0.1, 0.15) is 57.9 Å². The predicted octanol–water partition coefficient (Wildman–Crippen LogP) is 4.62. The molecule has 4 aliphatic carbocycles. The first-order valence-electron chi connectivity index (χ1n) is 11.8. The van der Waals surface area contributed by atoms with Gasteiger partial charge in [0.2, 0.25) is 0 Å². The first-order chi connectivity index (χ1) is 15.7. The van der Waals surface area contributed by atoms with Crippen molar-refractivity contribution >= 4 is 39.9 Å². The minimum Gasteiger partial charge on any atom is -0.503 e. The number of barbiturate groups is 1. The number of hydrogen-bond donors (Lipinski definition) is 2. The van der Waals surface area contributed by atoms with Crippen molar-refractivity contribution in [2.24, 2.45) is 23.2 Å². The zero-order chi connectivity index (χ0) is 23.5. The molecular weight excluding hydrogens is 488 g/mol. The number of carbonyl (C=O) groups is 3. The van der Waals surface area contributed by atoms with Gasteiger partial charge in [0.05, 0.1) is 11.1 Å². The van der Waals surface area contributed by atoms with E-state index in [0.717, 1.165) is 19.3 Å². The number of halogens is 1. The lowest BCUT2D eigenvalue weighted by atomic mass is 9.47. The number of aromatic hydroxyl groups is 1. The van der Waals surface area contributed by atoms with Gasteiger partial charge in [0.1, 0.15) is 5.57 Å². The fourth-order valence-corrected chi connectivity index (χ4v) is 7.56. The van der Waals surface area contributed by atoms with E-state index in [4.69, 9.17) is 4.74 Å². The number of urea groups is 1. The summed E-state index contributed by atoms with van der Waals surface area (Å²) in [6, 6.07) is 2.27. The Balaban J connectivity index is 1.47. The Morgan fingerprint density at radius 1 is 1.18 bits per heavy atom. The number of benzene rings is 1. The van der Waals surface area contributed by atoms with Gasteiger partial charge in [-0.25, -0.2) is 4.79 Å². The Hall–Kier alpha value is -2.35. The van der Waals surface area contributed by atoms with Gasteiger partial charge < -0.3 is 9.84 Å². The Labute approximate surface area is 201 Å². The number of amides is 4. The monoisotopic (exact) mass is 516 g/mol. The first-order valence-corrected chi connectivity index (χ1v) is 12.6. The molecule has 4 saturated carbocycles. The second-order valence-electron chi connectivity index (χ2n) is 10.2. The Kier molecular flexibility index (Phi) is 5.54. The molecule has 0 unspecified atom stereocenters. The van der Waals surface area contributed by atoms with Crippen LogP contribution in [0.3, 0.4) is 0 Å². The highest BCUT2D eigenvalue weighted by Gasteiger charge is 2.56. The number of imide groups is 2. The van der Waals surface area contributed by atoms with E-state index in [2.05, 4.69) is 21.2 Å². The molecule has 2 N–H and O–H groups in total. The third kappa shape index (κ3) is 3.76. The molecule has 8 heteroatoms. The summed E-state index contributed by atoms with van der Waals surface area (Å²) in [6.45, 7) is 4.12. The molecule has 5 fully saturated rings. The van der Waals surface area contributed by atoms with Crippen molar-refractivity contribution in [1.29, 1.82) is 0 Å². The number of phenols is 1. The van der Waals surface area contributed by atoms with E-state index in [1.54, 1.807) is 19.1 Å². The van der Waals surface area contributed by atoms with Crippen molar-refractivity contribution < 1.29 is 24.2 Å². The SMILES string of the molecule is CCOc1cc(/C=C2\C(=O)NC(=O)N([C@@H](C)C34CC5CC(CC(C5)C3)C4)C2=O)cc(Br)c1O. The summed E-state index contributed by atoms with van der Waals surface area (Å²) < 4.78 is 5.84. The Bertz CT molecular complexity index is 1030. The van der Waals surface area contributed by atoms with Crippen molar-refractivity contribution in [3.63, 3.8) is 0 Å². The third-order valence-electron chi connectivity index (χ3n) is 8.15. The number of ether oxygens (including phenoxy) is 1. The molecule has 0 aromatic heterocycles. The largest absolute Gasteiger partial charge is 0.503 e. The topological polar surface area (TPSA) is 95.9 Å². The van der Waals surface area contributed by atoms with Gasteiger partial charge in [0, 0.05) is 6.04 Å². The molecule has 1 saturated heterocycles. The Morgan fingerprint density at radius 2 is 1.79 bits per heavy atom. The second-order valence-corrected chi connectivity index (χ2v) is 11.1. The molecule has 1 aliphatic heterocycles. The van der Waals surface area contributed by atoms with E-state index >= 15 is 0 Å².